The number of rotatable bonds is 7. The van der Waals surface area contributed by atoms with Crippen molar-refractivity contribution in [1.82, 2.24) is 0 Å². The number of nitrogens with two attached hydrogens (primary N) is 1. The number of carbonyl (C=O) groups is 3. The van der Waals surface area contributed by atoms with Crippen molar-refractivity contribution in [1.29, 1.82) is 0 Å². The van der Waals surface area contributed by atoms with Gasteiger partial charge in [0, 0.05) is 5.02 Å². The highest BCUT2D eigenvalue weighted by Crippen LogP contribution is 2.41. The number of imide groups is 1. The smallest absolute Gasteiger partial charge is 0.326 e. The number of hydrogen-bond acceptors (Lipinski definition) is 8. The van der Waals surface area contributed by atoms with Crippen LogP contribution in [0.3, 0.4) is 0 Å². The summed E-state index contributed by atoms with van der Waals surface area (Å²) in [7, 11) is 0. The number of ketones is 1. The van der Waals surface area contributed by atoms with Crippen LogP contribution >= 0.6 is 22.9 Å². The number of fused-ring (bicyclic) bond motifs is 1. The Hall–Kier alpha value is -4.54. The molecule has 9 nitrogen and oxygen atoms in total. The molecule has 1 aliphatic rings. The fourth-order valence-corrected chi connectivity index (χ4v) is 5.80. The van der Waals surface area contributed by atoms with E-state index in [1.54, 1.807) is 35.7 Å². The van der Waals surface area contributed by atoms with Crippen molar-refractivity contribution in [3.63, 3.8) is 0 Å². The van der Waals surface area contributed by atoms with E-state index >= 15 is 0 Å². The predicted molar refractivity (Wildman–Crippen MR) is 165 cm³/mol. The number of halogens is 1. The molecule has 0 aliphatic carbocycles. The topological polar surface area (TPSA) is 161 Å². The van der Waals surface area contributed by atoms with Gasteiger partial charge in [-0.15, -0.1) is 11.3 Å². The van der Waals surface area contributed by atoms with Crippen molar-refractivity contribution in [2.45, 2.75) is 32.6 Å². The first kappa shape index (κ1) is 31.4. The van der Waals surface area contributed by atoms with E-state index in [4.69, 9.17) is 17.3 Å². The molecule has 0 saturated carbocycles. The van der Waals surface area contributed by atoms with Gasteiger partial charge >= 0.3 is 6.03 Å². The molecular formula is C32H31ClN2O7S. The number of primary amides is 1. The van der Waals surface area contributed by atoms with Crippen LogP contribution in [0.4, 0.5) is 10.5 Å². The zero-order chi connectivity index (χ0) is 31.4. The minimum absolute atomic E-state index is 0.0965. The zero-order valence-electron chi connectivity index (χ0n) is 23.4. The van der Waals surface area contributed by atoms with Crippen molar-refractivity contribution in [3.05, 3.63) is 98.7 Å². The number of anilines is 1. The molecule has 1 aromatic heterocycles. The Bertz CT molecular complexity index is 1600. The van der Waals surface area contributed by atoms with Gasteiger partial charge in [0.2, 0.25) is 0 Å². The summed E-state index contributed by atoms with van der Waals surface area (Å²) in [6, 6.07) is 16.8. The number of urea groups is 1. The lowest BCUT2D eigenvalue weighted by Crippen LogP contribution is -2.40. The first-order chi connectivity index (χ1) is 20.4. The van der Waals surface area contributed by atoms with Crippen molar-refractivity contribution < 1.29 is 34.8 Å². The van der Waals surface area contributed by atoms with Gasteiger partial charge in [-0.2, -0.15) is 0 Å². The Morgan fingerprint density at radius 1 is 0.860 bits per heavy atom. The summed E-state index contributed by atoms with van der Waals surface area (Å²) in [4.78, 5) is 37.7. The van der Waals surface area contributed by atoms with Gasteiger partial charge < -0.3 is 26.2 Å². The molecule has 0 saturated heterocycles. The summed E-state index contributed by atoms with van der Waals surface area (Å²) in [5.41, 5.74) is 7.92. The predicted octanol–water partition coefficient (Wildman–Crippen LogP) is 6.36. The van der Waals surface area contributed by atoms with Gasteiger partial charge in [-0.25, -0.2) is 9.69 Å². The monoisotopic (exact) mass is 622 g/mol. The molecule has 2 heterocycles. The van der Waals surface area contributed by atoms with Crippen LogP contribution in [0.15, 0.2) is 72.1 Å². The summed E-state index contributed by atoms with van der Waals surface area (Å²) in [6.45, 7) is 4.27. The molecular weight excluding hydrogens is 592 g/mol. The summed E-state index contributed by atoms with van der Waals surface area (Å²) in [5.74, 6) is -1.76. The minimum Gasteiger partial charge on any atom is -0.504 e. The van der Waals surface area contributed by atoms with Gasteiger partial charge in [0.15, 0.2) is 28.8 Å². The molecule has 0 spiro atoms. The normalized spacial score (nSPS) is 15.3. The zero-order valence-corrected chi connectivity index (χ0v) is 25.0. The van der Waals surface area contributed by atoms with Gasteiger partial charge in [0.1, 0.15) is 5.92 Å². The number of phenols is 4. The van der Waals surface area contributed by atoms with E-state index in [-0.39, 0.29) is 28.8 Å². The summed E-state index contributed by atoms with van der Waals surface area (Å²) in [6.07, 6.45) is 1.58. The second-order valence-corrected chi connectivity index (χ2v) is 11.9. The fraction of sp³-hybridized carbons (Fsp3) is 0.219. The largest absolute Gasteiger partial charge is 0.504 e. The fourth-order valence-electron chi connectivity index (χ4n) is 4.92. The highest BCUT2D eigenvalue weighted by Gasteiger charge is 2.44. The molecule has 3 atom stereocenters. The van der Waals surface area contributed by atoms with Gasteiger partial charge in [-0.3, -0.25) is 9.59 Å². The Labute approximate surface area is 257 Å². The van der Waals surface area contributed by atoms with E-state index in [2.05, 4.69) is 13.8 Å². The SMILES string of the molecule is C[C@H](Cc1ccc(O)c(O)c1)[C@@H](C)Cc1ccc(O)c(O)c1.NC(=O)N1C(=O)C(C(=O)c2cccs2)c2cc(Cl)ccc21. The highest BCUT2D eigenvalue weighted by atomic mass is 35.5. The molecule has 4 aromatic rings. The lowest BCUT2D eigenvalue weighted by molar-refractivity contribution is -0.117. The molecule has 3 amide bonds. The van der Waals surface area contributed by atoms with Crippen LogP contribution in [-0.4, -0.2) is 38.1 Å². The average Bonchev–Trinajstić information content (AvgIpc) is 3.59. The summed E-state index contributed by atoms with van der Waals surface area (Å²) < 4.78 is 0. The van der Waals surface area contributed by atoms with Crippen LogP contribution in [0, 0.1) is 11.8 Å². The summed E-state index contributed by atoms with van der Waals surface area (Å²) in [5, 5.41) is 39.9. The summed E-state index contributed by atoms with van der Waals surface area (Å²) >= 11 is 7.18. The maximum absolute atomic E-state index is 12.5. The molecule has 0 fully saturated rings. The third kappa shape index (κ3) is 7.10. The van der Waals surface area contributed by atoms with Gasteiger partial charge in [0.25, 0.3) is 5.91 Å². The number of benzene rings is 3. The van der Waals surface area contributed by atoms with Crippen LogP contribution in [0.2, 0.25) is 5.02 Å². The number of nitrogens with zero attached hydrogens (tertiary/aromatic N) is 1. The molecule has 0 radical (unpaired) electrons. The number of carbonyl (C=O) groups excluding carboxylic acids is 3. The lowest BCUT2D eigenvalue weighted by atomic mass is 9.85. The van der Waals surface area contributed by atoms with E-state index < -0.39 is 17.9 Å². The number of aromatic hydroxyl groups is 4. The third-order valence-corrected chi connectivity index (χ3v) is 8.54. The van der Waals surface area contributed by atoms with Crippen molar-refractivity contribution in [2.24, 2.45) is 17.6 Å². The van der Waals surface area contributed by atoms with E-state index in [1.807, 2.05) is 12.1 Å². The van der Waals surface area contributed by atoms with Crippen LogP contribution in [-0.2, 0) is 17.6 Å². The van der Waals surface area contributed by atoms with E-state index in [9.17, 15) is 34.8 Å². The number of Topliss-reactive ketones (excluding diaryl/α,β-unsaturated/α-hetero) is 1. The molecule has 224 valence electrons. The van der Waals surface area contributed by atoms with E-state index in [1.165, 1.54) is 35.6 Å². The molecule has 1 unspecified atom stereocenters. The number of phenolic OH excluding ortho intramolecular Hbond substituents is 4. The molecule has 0 bridgehead atoms. The number of hydrogen-bond donors (Lipinski definition) is 5. The molecule has 6 N–H and O–H groups in total. The Morgan fingerprint density at radius 2 is 1.42 bits per heavy atom. The molecule has 43 heavy (non-hydrogen) atoms. The van der Waals surface area contributed by atoms with Crippen molar-refractivity contribution in [3.8, 4) is 23.0 Å². The number of amides is 3. The Kier molecular flexibility index (Phi) is 9.63. The molecule has 11 heteroatoms. The second kappa shape index (κ2) is 13.2. The molecule has 3 aromatic carbocycles. The van der Waals surface area contributed by atoms with Crippen molar-refractivity contribution in [2.75, 3.05) is 4.90 Å². The van der Waals surface area contributed by atoms with Gasteiger partial charge in [-0.05, 0) is 95.3 Å². The minimum atomic E-state index is -1.08. The van der Waals surface area contributed by atoms with E-state index in [0.717, 1.165) is 28.9 Å². The van der Waals surface area contributed by atoms with Crippen LogP contribution in [0.1, 0.15) is 46.1 Å². The maximum atomic E-state index is 12.5. The third-order valence-electron chi connectivity index (χ3n) is 7.42. The molecule has 1 aliphatic heterocycles. The van der Waals surface area contributed by atoms with Crippen LogP contribution < -0.4 is 10.6 Å². The lowest BCUT2D eigenvalue weighted by Gasteiger charge is -2.20. The standard InChI is InChI=1S/C18H22O4.C14H9ClN2O3S/c1-11(7-13-3-5-15(19)17(21)9-13)12(2)8-14-4-6-16(20)18(22)10-14;15-7-3-4-9-8(6-7)11(13(19)17(9)14(16)20)12(18)10-2-1-5-21-10/h3-6,9-12,19-22H,7-8H2,1-2H3;1-6,11H,(H2,16,20)/t11-,12+;. The van der Waals surface area contributed by atoms with Gasteiger partial charge in [0.05, 0.1) is 10.6 Å². The first-order valence-corrected chi connectivity index (χ1v) is 14.6. The quantitative estimate of drug-likeness (QED) is 0.0910. The van der Waals surface area contributed by atoms with Crippen LogP contribution in [0.25, 0.3) is 0 Å². The Balaban J connectivity index is 0.000000197. The maximum Gasteiger partial charge on any atom is 0.326 e. The molecule has 5 rings (SSSR count). The Morgan fingerprint density at radius 3 is 1.88 bits per heavy atom. The van der Waals surface area contributed by atoms with Crippen LogP contribution in [0.5, 0.6) is 23.0 Å². The first-order valence-electron chi connectivity index (χ1n) is 13.4. The van der Waals surface area contributed by atoms with Gasteiger partial charge in [-0.1, -0.05) is 43.6 Å². The average molecular weight is 623 g/mol. The second-order valence-electron chi connectivity index (χ2n) is 10.5. The highest BCUT2D eigenvalue weighted by molar-refractivity contribution is 7.12. The number of thiophene rings is 1. The van der Waals surface area contributed by atoms with E-state index in [0.29, 0.717) is 33.0 Å². The van der Waals surface area contributed by atoms with Crippen molar-refractivity contribution >= 4 is 46.3 Å².